The number of rotatable bonds is 5. The second kappa shape index (κ2) is 10.9. The molecule has 0 bridgehead atoms. The number of halogens is 3. The van der Waals surface area contributed by atoms with Gasteiger partial charge in [-0.25, -0.2) is 4.39 Å². The standard InChI is InChI=1S/C19H20FN3O2.2ClH/c1-23(15-8-10-22-12-15)19(24)7-5-14-4-6-18(17(20)11-14)25-16-3-2-9-21-13-16;;/h2-7,9,11,13,15,22H,8,10,12H2,1H3;2*1H/b7-5+;;. The maximum absolute atomic E-state index is 14.2. The van der Waals surface area contributed by atoms with Gasteiger partial charge in [0.05, 0.1) is 6.20 Å². The second-order valence-electron chi connectivity index (χ2n) is 5.91. The Balaban J connectivity index is 0.00000182. The van der Waals surface area contributed by atoms with Crippen molar-refractivity contribution in [1.29, 1.82) is 0 Å². The topological polar surface area (TPSA) is 54.5 Å². The van der Waals surface area contributed by atoms with E-state index >= 15 is 0 Å². The lowest BCUT2D eigenvalue weighted by Crippen LogP contribution is -2.37. The van der Waals surface area contributed by atoms with Crippen LogP contribution in [0, 0.1) is 5.82 Å². The fourth-order valence-corrected chi connectivity index (χ4v) is 2.67. The lowest BCUT2D eigenvalue weighted by Gasteiger charge is -2.22. The number of aromatic nitrogens is 1. The Kier molecular flexibility index (Phi) is 9.21. The molecule has 5 nitrogen and oxygen atoms in total. The van der Waals surface area contributed by atoms with E-state index in [1.165, 1.54) is 24.4 Å². The molecular formula is C19H22Cl2FN3O2. The maximum atomic E-state index is 14.2. The second-order valence-corrected chi connectivity index (χ2v) is 5.91. The highest BCUT2D eigenvalue weighted by Gasteiger charge is 2.21. The molecule has 3 rings (SSSR count). The number of carbonyl (C=O) groups is 1. The lowest BCUT2D eigenvalue weighted by molar-refractivity contribution is -0.126. The number of hydrogen-bond donors (Lipinski definition) is 1. The maximum Gasteiger partial charge on any atom is 0.246 e. The minimum Gasteiger partial charge on any atom is -0.453 e. The molecule has 1 unspecified atom stereocenters. The van der Waals surface area contributed by atoms with Crippen LogP contribution in [0.2, 0.25) is 0 Å². The van der Waals surface area contributed by atoms with Crippen LogP contribution in [0.5, 0.6) is 11.5 Å². The first kappa shape index (κ1) is 22.9. The molecule has 1 atom stereocenters. The number of pyridine rings is 1. The van der Waals surface area contributed by atoms with E-state index in [1.807, 2.05) is 0 Å². The summed E-state index contributed by atoms with van der Waals surface area (Å²) < 4.78 is 19.6. The van der Waals surface area contributed by atoms with E-state index in [0.29, 0.717) is 11.3 Å². The predicted octanol–water partition coefficient (Wildman–Crippen LogP) is 3.69. The quantitative estimate of drug-likeness (QED) is 0.759. The lowest BCUT2D eigenvalue weighted by atomic mass is 10.2. The van der Waals surface area contributed by atoms with E-state index in [-0.39, 0.29) is 42.5 Å². The summed E-state index contributed by atoms with van der Waals surface area (Å²) >= 11 is 0. The molecule has 8 heteroatoms. The summed E-state index contributed by atoms with van der Waals surface area (Å²) in [5.41, 5.74) is 0.599. The van der Waals surface area contributed by atoms with Gasteiger partial charge in [0, 0.05) is 31.9 Å². The van der Waals surface area contributed by atoms with Crippen molar-refractivity contribution in [3.8, 4) is 11.5 Å². The third-order valence-electron chi connectivity index (χ3n) is 4.17. The zero-order valence-electron chi connectivity index (χ0n) is 14.8. The van der Waals surface area contributed by atoms with Crippen molar-refractivity contribution in [3.05, 3.63) is 60.2 Å². The van der Waals surface area contributed by atoms with Crippen LogP contribution in [0.15, 0.2) is 48.8 Å². The molecule has 2 heterocycles. The molecular weight excluding hydrogens is 392 g/mol. The zero-order chi connectivity index (χ0) is 17.6. The fraction of sp³-hybridized carbons (Fsp3) is 0.263. The summed E-state index contributed by atoms with van der Waals surface area (Å²) in [6, 6.07) is 8.21. The van der Waals surface area contributed by atoms with Crippen LogP contribution in [0.3, 0.4) is 0 Å². The Morgan fingerprint density at radius 3 is 2.81 bits per heavy atom. The summed E-state index contributed by atoms with van der Waals surface area (Å²) in [5, 5.41) is 3.23. The average molecular weight is 414 g/mol. The van der Waals surface area contributed by atoms with Crippen LogP contribution in [-0.2, 0) is 4.79 Å². The van der Waals surface area contributed by atoms with Gasteiger partial charge in [-0.3, -0.25) is 9.78 Å². The Morgan fingerprint density at radius 1 is 1.37 bits per heavy atom. The number of carbonyl (C=O) groups excluding carboxylic acids is 1. The van der Waals surface area contributed by atoms with E-state index < -0.39 is 5.82 Å². The van der Waals surface area contributed by atoms with Gasteiger partial charge >= 0.3 is 0 Å². The Bertz CT molecular complexity index is 769. The first-order chi connectivity index (χ1) is 12.1. The summed E-state index contributed by atoms with van der Waals surface area (Å²) in [5.74, 6) is -0.00566. The molecule has 0 aliphatic carbocycles. The highest BCUT2D eigenvalue weighted by atomic mass is 35.5. The van der Waals surface area contributed by atoms with Crippen molar-refractivity contribution in [2.75, 3.05) is 20.1 Å². The number of benzene rings is 1. The van der Waals surface area contributed by atoms with Gasteiger partial charge < -0.3 is 15.0 Å². The van der Waals surface area contributed by atoms with Crippen molar-refractivity contribution in [1.82, 2.24) is 15.2 Å². The Hall–Kier alpha value is -2.15. The molecule has 1 aliphatic rings. The van der Waals surface area contributed by atoms with E-state index in [0.717, 1.165) is 19.5 Å². The van der Waals surface area contributed by atoms with Crippen LogP contribution < -0.4 is 10.1 Å². The van der Waals surface area contributed by atoms with E-state index in [9.17, 15) is 9.18 Å². The highest BCUT2D eigenvalue weighted by molar-refractivity contribution is 5.91. The van der Waals surface area contributed by atoms with E-state index in [4.69, 9.17) is 4.74 Å². The number of nitrogens with one attached hydrogen (secondary N) is 1. The molecule has 2 aromatic rings. The summed E-state index contributed by atoms with van der Waals surface area (Å²) in [6.45, 7) is 1.74. The Morgan fingerprint density at radius 2 is 2.19 bits per heavy atom. The third kappa shape index (κ3) is 6.20. The van der Waals surface area contributed by atoms with E-state index in [2.05, 4.69) is 10.3 Å². The van der Waals surface area contributed by atoms with Gasteiger partial charge in [-0.1, -0.05) is 6.07 Å². The minimum absolute atomic E-state index is 0. The van der Waals surface area contributed by atoms with Crippen LogP contribution in [-0.4, -0.2) is 42.0 Å². The fourth-order valence-electron chi connectivity index (χ4n) is 2.67. The van der Waals surface area contributed by atoms with Crippen LogP contribution >= 0.6 is 24.8 Å². The molecule has 1 aliphatic heterocycles. The van der Waals surface area contributed by atoms with Crippen molar-refractivity contribution in [3.63, 3.8) is 0 Å². The van der Waals surface area contributed by atoms with Gasteiger partial charge in [-0.05, 0) is 48.9 Å². The number of nitrogens with zero attached hydrogens (tertiary/aromatic N) is 2. The molecule has 1 aromatic heterocycles. The van der Waals surface area contributed by atoms with Gasteiger partial charge in [-0.2, -0.15) is 0 Å². The monoisotopic (exact) mass is 413 g/mol. The normalized spacial score (nSPS) is 15.7. The number of hydrogen-bond acceptors (Lipinski definition) is 4. The molecule has 1 fully saturated rings. The van der Waals surface area contributed by atoms with Crippen LogP contribution in [0.4, 0.5) is 4.39 Å². The smallest absolute Gasteiger partial charge is 0.246 e. The summed E-state index contributed by atoms with van der Waals surface area (Å²) in [7, 11) is 1.79. The van der Waals surface area contributed by atoms with Gasteiger partial charge in [0.15, 0.2) is 11.6 Å². The molecule has 1 amide bonds. The third-order valence-corrected chi connectivity index (χ3v) is 4.17. The summed E-state index contributed by atoms with van der Waals surface area (Å²) in [6.07, 6.45) is 7.16. The number of likely N-dealkylation sites (N-methyl/N-ethyl adjacent to an activating group) is 1. The SMILES string of the molecule is CN(C(=O)/C=C/c1ccc(Oc2cccnc2)c(F)c1)C1CCNC1.Cl.Cl. The largest absolute Gasteiger partial charge is 0.453 e. The van der Waals surface area contributed by atoms with E-state index in [1.54, 1.807) is 42.4 Å². The molecule has 1 aromatic carbocycles. The predicted molar refractivity (Wildman–Crippen MR) is 108 cm³/mol. The molecule has 1 saturated heterocycles. The number of amides is 1. The van der Waals surface area contributed by atoms with Crippen LogP contribution in [0.25, 0.3) is 6.08 Å². The molecule has 0 saturated carbocycles. The molecule has 0 spiro atoms. The average Bonchev–Trinajstić information content (AvgIpc) is 3.16. The molecule has 1 N–H and O–H groups in total. The van der Waals surface area contributed by atoms with Gasteiger partial charge in [0.25, 0.3) is 0 Å². The van der Waals surface area contributed by atoms with Crippen molar-refractivity contribution in [2.24, 2.45) is 0 Å². The number of ether oxygens (including phenoxy) is 1. The van der Waals surface area contributed by atoms with Crippen molar-refractivity contribution >= 4 is 36.8 Å². The molecule has 146 valence electrons. The first-order valence-corrected chi connectivity index (χ1v) is 8.16. The first-order valence-electron chi connectivity index (χ1n) is 8.16. The van der Waals surface area contributed by atoms with Gasteiger partial charge in [0.2, 0.25) is 5.91 Å². The molecule has 0 radical (unpaired) electrons. The van der Waals surface area contributed by atoms with Gasteiger partial charge in [0.1, 0.15) is 5.75 Å². The van der Waals surface area contributed by atoms with Crippen LogP contribution in [0.1, 0.15) is 12.0 Å². The summed E-state index contributed by atoms with van der Waals surface area (Å²) in [4.78, 5) is 17.8. The Labute approximate surface area is 170 Å². The minimum atomic E-state index is -0.494. The zero-order valence-corrected chi connectivity index (χ0v) is 16.4. The highest BCUT2D eigenvalue weighted by Crippen LogP contribution is 2.24. The van der Waals surface area contributed by atoms with Crippen molar-refractivity contribution < 1.29 is 13.9 Å². The van der Waals surface area contributed by atoms with Crippen molar-refractivity contribution in [2.45, 2.75) is 12.5 Å². The van der Waals surface area contributed by atoms with Gasteiger partial charge in [-0.15, -0.1) is 24.8 Å². The molecule has 27 heavy (non-hydrogen) atoms.